The van der Waals surface area contributed by atoms with Gasteiger partial charge in [-0.15, -0.1) is 0 Å². The molecule has 0 spiro atoms. The largest absolute Gasteiger partial charge is 0.483 e. The van der Waals surface area contributed by atoms with Crippen molar-refractivity contribution < 1.29 is 13.5 Å². The van der Waals surface area contributed by atoms with Crippen LogP contribution in [0.25, 0.3) is 0 Å². The van der Waals surface area contributed by atoms with Crippen LogP contribution in [0.2, 0.25) is 0 Å². The Morgan fingerprint density at radius 2 is 1.68 bits per heavy atom. The van der Waals surface area contributed by atoms with E-state index in [4.69, 9.17) is 10.5 Å². The Labute approximate surface area is 110 Å². The maximum absolute atomic E-state index is 13.7. The monoisotopic (exact) mass is 264 g/mol. The van der Waals surface area contributed by atoms with Crippen molar-refractivity contribution in [2.75, 3.05) is 6.54 Å². The fourth-order valence-electron chi connectivity index (χ4n) is 1.70. The summed E-state index contributed by atoms with van der Waals surface area (Å²) < 4.78 is 32.6. The molecule has 0 saturated carbocycles. The average Bonchev–Trinajstić information content (AvgIpc) is 2.39. The lowest BCUT2D eigenvalue weighted by Gasteiger charge is -2.10. The smallest absolute Gasteiger partial charge is 0.191 e. The zero-order chi connectivity index (χ0) is 13.7. The number of hydrogen-bond acceptors (Lipinski definition) is 3. The van der Waals surface area contributed by atoms with Crippen molar-refractivity contribution >= 4 is 0 Å². The maximum Gasteiger partial charge on any atom is 0.191 e. The highest BCUT2D eigenvalue weighted by atomic mass is 19.1. The summed E-state index contributed by atoms with van der Waals surface area (Å²) in [5.74, 6) is -1.78. The van der Waals surface area contributed by atoms with Gasteiger partial charge in [0.2, 0.25) is 0 Å². The molecule has 2 rings (SSSR count). The van der Waals surface area contributed by atoms with Gasteiger partial charge in [0.25, 0.3) is 0 Å². The first kappa shape index (κ1) is 13.4. The number of ether oxygens (including phenoxy) is 1. The molecule has 0 amide bonds. The maximum atomic E-state index is 13.7. The van der Waals surface area contributed by atoms with Crippen molar-refractivity contribution in [1.29, 1.82) is 0 Å². The summed E-state index contributed by atoms with van der Waals surface area (Å²) >= 11 is 0. The molecular weight excluding hydrogens is 250 g/mol. The van der Waals surface area contributed by atoms with Crippen LogP contribution in [0, 0.1) is 11.6 Å². The Hall–Kier alpha value is -2.01. The first-order chi connectivity index (χ1) is 9.20. The minimum Gasteiger partial charge on any atom is -0.483 e. The molecule has 0 aliphatic rings. The molecule has 1 aromatic carbocycles. The highest BCUT2D eigenvalue weighted by Crippen LogP contribution is 2.24. The van der Waals surface area contributed by atoms with Crippen LogP contribution in [-0.4, -0.2) is 11.5 Å². The number of nitrogens with zero attached hydrogens (tertiary/aromatic N) is 1. The second-order valence-electron chi connectivity index (χ2n) is 4.07. The quantitative estimate of drug-likeness (QED) is 0.902. The second kappa shape index (κ2) is 6.24. The van der Waals surface area contributed by atoms with Crippen LogP contribution >= 0.6 is 0 Å². The van der Waals surface area contributed by atoms with E-state index in [1.165, 1.54) is 12.1 Å². The van der Waals surface area contributed by atoms with E-state index in [2.05, 4.69) is 4.98 Å². The minimum atomic E-state index is -0.711. The zero-order valence-corrected chi connectivity index (χ0v) is 10.3. The number of benzene rings is 1. The summed E-state index contributed by atoms with van der Waals surface area (Å²) in [5, 5.41) is 0. The van der Waals surface area contributed by atoms with Crippen LogP contribution in [0.3, 0.4) is 0 Å². The molecular formula is C14H14F2N2O. The molecule has 0 unspecified atom stereocenters. The van der Waals surface area contributed by atoms with E-state index in [-0.39, 0.29) is 12.4 Å². The molecule has 100 valence electrons. The summed E-state index contributed by atoms with van der Waals surface area (Å²) in [4.78, 5) is 3.85. The van der Waals surface area contributed by atoms with Crippen LogP contribution in [0.5, 0.6) is 5.75 Å². The Balaban J connectivity index is 2.12. The zero-order valence-electron chi connectivity index (χ0n) is 10.3. The van der Waals surface area contributed by atoms with Gasteiger partial charge in [-0.3, -0.25) is 4.98 Å². The summed E-state index contributed by atoms with van der Waals surface area (Å²) in [7, 11) is 0. The van der Waals surface area contributed by atoms with Crippen molar-refractivity contribution in [3.63, 3.8) is 0 Å². The molecule has 0 atom stereocenters. The topological polar surface area (TPSA) is 48.1 Å². The second-order valence-corrected chi connectivity index (χ2v) is 4.07. The molecule has 19 heavy (non-hydrogen) atoms. The molecule has 5 heteroatoms. The van der Waals surface area contributed by atoms with Crippen molar-refractivity contribution in [2.45, 2.75) is 13.0 Å². The lowest BCUT2D eigenvalue weighted by molar-refractivity contribution is 0.273. The van der Waals surface area contributed by atoms with E-state index in [9.17, 15) is 8.78 Å². The van der Waals surface area contributed by atoms with Gasteiger partial charge in [0.15, 0.2) is 17.4 Å². The Morgan fingerprint density at radius 3 is 2.26 bits per heavy atom. The van der Waals surface area contributed by atoms with Gasteiger partial charge in [-0.25, -0.2) is 8.78 Å². The summed E-state index contributed by atoms with van der Waals surface area (Å²) in [5.41, 5.74) is 6.66. The van der Waals surface area contributed by atoms with Gasteiger partial charge >= 0.3 is 0 Å². The minimum absolute atomic E-state index is 0.0899. The van der Waals surface area contributed by atoms with Gasteiger partial charge in [0.1, 0.15) is 6.61 Å². The number of pyridine rings is 1. The molecule has 2 N–H and O–H groups in total. The molecule has 0 fully saturated rings. The number of nitrogens with two attached hydrogens (primary N) is 1. The molecule has 0 bridgehead atoms. The SMILES string of the molecule is NCCc1cc(F)c(OCc2ccncc2)c(F)c1. The van der Waals surface area contributed by atoms with Gasteiger partial charge in [-0.1, -0.05) is 0 Å². The Kier molecular flexibility index (Phi) is 4.41. The standard InChI is InChI=1S/C14H14F2N2O/c15-12-7-11(1-4-17)8-13(16)14(12)19-9-10-2-5-18-6-3-10/h2-3,5-8H,1,4,9,17H2. The predicted molar refractivity (Wildman–Crippen MR) is 67.7 cm³/mol. The number of halogens is 2. The van der Waals surface area contributed by atoms with Crippen molar-refractivity contribution in [2.24, 2.45) is 5.73 Å². The van der Waals surface area contributed by atoms with Crippen LogP contribution in [0.15, 0.2) is 36.7 Å². The lowest BCUT2D eigenvalue weighted by atomic mass is 10.1. The average molecular weight is 264 g/mol. The van der Waals surface area contributed by atoms with Gasteiger partial charge < -0.3 is 10.5 Å². The van der Waals surface area contributed by atoms with Crippen LogP contribution < -0.4 is 10.5 Å². The van der Waals surface area contributed by atoms with Crippen LogP contribution in [0.4, 0.5) is 8.78 Å². The van der Waals surface area contributed by atoms with Crippen LogP contribution in [-0.2, 0) is 13.0 Å². The molecule has 0 saturated heterocycles. The van der Waals surface area contributed by atoms with Crippen molar-refractivity contribution in [3.8, 4) is 5.75 Å². The third kappa shape index (κ3) is 3.48. The molecule has 1 heterocycles. The van der Waals surface area contributed by atoms with E-state index in [1.54, 1.807) is 24.5 Å². The highest BCUT2D eigenvalue weighted by Gasteiger charge is 2.12. The van der Waals surface area contributed by atoms with Gasteiger partial charge in [0.05, 0.1) is 0 Å². The first-order valence-electron chi connectivity index (χ1n) is 5.90. The van der Waals surface area contributed by atoms with E-state index in [0.717, 1.165) is 5.56 Å². The predicted octanol–water partition coefficient (Wildman–Crippen LogP) is 2.44. The first-order valence-corrected chi connectivity index (χ1v) is 5.90. The normalized spacial score (nSPS) is 10.5. The van der Waals surface area contributed by atoms with E-state index in [1.807, 2.05) is 0 Å². The molecule has 0 aliphatic carbocycles. The summed E-state index contributed by atoms with van der Waals surface area (Å²) in [6, 6.07) is 5.94. The fraction of sp³-hybridized carbons (Fsp3) is 0.214. The van der Waals surface area contributed by atoms with Crippen molar-refractivity contribution in [1.82, 2.24) is 4.98 Å². The lowest BCUT2D eigenvalue weighted by Crippen LogP contribution is -2.05. The van der Waals surface area contributed by atoms with E-state index < -0.39 is 11.6 Å². The molecule has 3 nitrogen and oxygen atoms in total. The van der Waals surface area contributed by atoms with Crippen LogP contribution in [0.1, 0.15) is 11.1 Å². The molecule has 0 radical (unpaired) electrons. The van der Waals surface area contributed by atoms with Gasteiger partial charge in [-0.2, -0.15) is 0 Å². The van der Waals surface area contributed by atoms with E-state index >= 15 is 0 Å². The number of aromatic nitrogens is 1. The third-order valence-corrected chi connectivity index (χ3v) is 2.62. The Morgan fingerprint density at radius 1 is 1.05 bits per heavy atom. The third-order valence-electron chi connectivity index (χ3n) is 2.62. The molecule has 0 aliphatic heterocycles. The van der Waals surface area contributed by atoms with Gasteiger partial charge in [-0.05, 0) is 48.4 Å². The molecule has 2 aromatic rings. The van der Waals surface area contributed by atoms with E-state index in [0.29, 0.717) is 18.5 Å². The highest BCUT2D eigenvalue weighted by molar-refractivity contribution is 5.31. The molecule has 1 aromatic heterocycles. The number of hydrogen-bond donors (Lipinski definition) is 1. The Bertz CT molecular complexity index is 523. The van der Waals surface area contributed by atoms with Crippen molar-refractivity contribution in [3.05, 3.63) is 59.4 Å². The van der Waals surface area contributed by atoms with Gasteiger partial charge in [0, 0.05) is 12.4 Å². The number of rotatable bonds is 5. The summed E-state index contributed by atoms with van der Waals surface area (Å²) in [6.07, 6.45) is 3.62. The summed E-state index contributed by atoms with van der Waals surface area (Å²) in [6.45, 7) is 0.433. The fourth-order valence-corrected chi connectivity index (χ4v) is 1.70.